The van der Waals surface area contributed by atoms with Gasteiger partial charge in [0, 0.05) is 42.8 Å². The molecule has 1 atom stereocenters. The maximum atomic E-state index is 12.4. The number of ether oxygens (including phenoxy) is 1. The van der Waals surface area contributed by atoms with Crippen LogP contribution in [-0.4, -0.2) is 67.7 Å². The number of hydrogen-bond donors (Lipinski definition) is 2. The van der Waals surface area contributed by atoms with E-state index in [0.29, 0.717) is 12.6 Å². The van der Waals surface area contributed by atoms with Gasteiger partial charge in [-0.15, -0.1) is 0 Å². The van der Waals surface area contributed by atoms with Gasteiger partial charge in [-0.05, 0) is 51.1 Å². The molecule has 2 heterocycles. The second-order valence-corrected chi connectivity index (χ2v) is 6.88. The summed E-state index contributed by atoms with van der Waals surface area (Å²) in [7, 11) is 5.85. The number of nitrogens with one attached hydrogen (secondary N) is 2. The molecule has 1 aromatic heterocycles. The Kier molecular flexibility index (Phi) is 5.48. The van der Waals surface area contributed by atoms with Crippen molar-refractivity contribution < 1.29 is 9.53 Å². The minimum atomic E-state index is 0.0401. The number of piperidine rings is 1. The van der Waals surface area contributed by atoms with E-state index >= 15 is 0 Å². The average molecular weight is 344 g/mol. The number of amides is 2. The molecule has 0 saturated carbocycles. The van der Waals surface area contributed by atoms with Crippen molar-refractivity contribution in [2.24, 2.45) is 0 Å². The van der Waals surface area contributed by atoms with E-state index in [1.165, 1.54) is 0 Å². The second-order valence-electron chi connectivity index (χ2n) is 6.88. The zero-order chi connectivity index (χ0) is 17.8. The van der Waals surface area contributed by atoms with Crippen LogP contribution >= 0.6 is 0 Å². The number of carbonyl (C=O) groups excluding carboxylic acids is 1. The normalized spacial score (nSPS) is 17.9. The van der Waals surface area contributed by atoms with Gasteiger partial charge in [0.15, 0.2) is 0 Å². The van der Waals surface area contributed by atoms with Crippen LogP contribution in [0.2, 0.25) is 0 Å². The van der Waals surface area contributed by atoms with Crippen LogP contribution in [0.4, 0.5) is 4.79 Å². The zero-order valence-electron chi connectivity index (χ0n) is 15.3. The molecular formula is C19H28N4O2. The van der Waals surface area contributed by atoms with Gasteiger partial charge in [-0.2, -0.15) is 0 Å². The van der Waals surface area contributed by atoms with Gasteiger partial charge in [-0.25, -0.2) is 4.79 Å². The number of likely N-dealkylation sites (tertiary alicyclic amines) is 1. The predicted molar refractivity (Wildman–Crippen MR) is 100 cm³/mol. The van der Waals surface area contributed by atoms with E-state index < -0.39 is 0 Å². The highest BCUT2D eigenvalue weighted by atomic mass is 16.5. The van der Waals surface area contributed by atoms with Gasteiger partial charge in [-0.3, -0.25) is 0 Å². The number of rotatable bonds is 5. The first-order valence-corrected chi connectivity index (χ1v) is 8.92. The van der Waals surface area contributed by atoms with Gasteiger partial charge in [0.25, 0.3) is 0 Å². The summed E-state index contributed by atoms with van der Waals surface area (Å²) in [6.45, 7) is 2.27. The Hall–Kier alpha value is -2.21. The van der Waals surface area contributed by atoms with Crippen molar-refractivity contribution in [1.29, 1.82) is 0 Å². The average Bonchev–Trinajstić information content (AvgIpc) is 3.05. The van der Waals surface area contributed by atoms with Crippen LogP contribution in [0.3, 0.4) is 0 Å². The maximum Gasteiger partial charge on any atom is 0.317 e. The molecule has 1 aromatic carbocycles. The fourth-order valence-electron chi connectivity index (χ4n) is 3.56. The summed E-state index contributed by atoms with van der Waals surface area (Å²) in [6, 6.07) is 6.47. The highest BCUT2D eigenvalue weighted by Crippen LogP contribution is 2.28. The number of nitrogens with zero attached hydrogens (tertiary/aromatic N) is 2. The van der Waals surface area contributed by atoms with E-state index in [9.17, 15) is 4.79 Å². The van der Waals surface area contributed by atoms with Crippen LogP contribution in [0.15, 0.2) is 24.4 Å². The van der Waals surface area contributed by atoms with Gasteiger partial charge in [0.2, 0.25) is 0 Å². The summed E-state index contributed by atoms with van der Waals surface area (Å²) >= 11 is 0. The van der Waals surface area contributed by atoms with Crippen LogP contribution in [0.1, 0.15) is 18.4 Å². The molecule has 2 aromatic rings. The Labute approximate surface area is 149 Å². The van der Waals surface area contributed by atoms with Crippen molar-refractivity contribution in [3.05, 3.63) is 30.0 Å². The molecule has 1 aliphatic rings. The Balaban J connectivity index is 1.57. The summed E-state index contributed by atoms with van der Waals surface area (Å²) in [5.74, 6) is 0.866. The van der Waals surface area contributed by atoms with Crippen LogP contribution in [0.5, 0.6) is 5.75 Å². The van der Waals surface area contributed by atoms with Crippen molar-refractivity contribution in [3.63, 3.8) is 0 Å². The lowest BCUT2D eigenvalue weighted by atomic mass is 10.1. The quantitative estimate of drug-likeness (QED) is 0.876. The smallest absolute Gasteiger partial charge is 0.317 e. The number of urea groups is 1. The lowest BCUT2D eigenvalue weighted by Gasteiger charge is -2.36. The number of likely N-dealkylation sites (N-methyl/N-ethyl adjacent to an activating group) is 1. The van der Waals surface area contributed by atoms with E-state index in [1.807, 2.05) is 29.3 Å². The molecule has 6 heteroatoms. The molecule has 1 aliphatic heterocycles. The standard InChI is InChI=1S/C19H28N4O2/c1-22(2)15-6-5-11-23(13-15)19(24)20-10-9-14-12-21-16-7-4-8-17(25-3)18(14)16/h4,7-8,12,15,21H,5-6,9-11,13H2,1-3H3,(H,20,24). The molecule has 2 amide bonds. The van der Waals surface area contributed by atoms with Crippen LogP contribution in [-0.2, 0) is 6.42 Å². The lowest BCUT2D eigenvalue weighted by molar-refractivity contribution is 0.140. The van der Waals surface area contributed by atoms with Gasteiger partial charge in [0.05, 0.1) is 7.11 Å². The van der Waals surface area contributed by atoms with E-state index in [0.717, 1.165) is 54.6 Å². The number of aromatic nitrogens is 1. The number of hydrogen-bond acceptors (Lipinski definition) is 3. The third-order valence-corrected chi connectivity index (χ3v) is 5.05. The molecule has 0 spiro atoms. The summed E-state index contributed by atoms with van der Waals surface area (Å²) in [6.07, 6.45) is 5.00. The SMILES string of the molecule is COc1cccc2[nH]cc(CCNC(=O)N3CCCC(N(C)C)C3)c12. The molecule has 0 aliphatic carbocycles. The first-order valence-electron chi connectivity index (χ1n) is 8.92. The van der Waals surface area contributed by atoms with E-state index in [4.69, 9.17) is 4.74 Å². The summed E-state index contributed by atoms with van der Waals surface area (Å²) in [5.41, 5.74) is 2.23. The molecule has 3 rings (SSSR count). The number of fused-ring (bicyclic) bond motifs is 1. The van der Waals surface area contributed by atoms with Gasteiger partial charge >= 0.3 is 6.03 Å². The third-order valence-electron chi connectivity index (χ3n) is 5.05. The van der Waals surface area contributed by atoms with Gasteiger partial charge < -0.3 is 24.8 Å². The molecule has 1 unspecified atom stereocenters. The molecule has 1 fully saturated rings. The van der Waals surface area contributed by atoms with Crippen molar-refractivity contribution in [2.75, 3.05) is 40.8 Å². The van der Waals surface area contributed by atoms with Gasteiger partial charge in [0.1, 0.15) is 5.75 Å². The Morgan fingerprint density at radius 3 is 3.04 bits per heavy atom. The molecule has 0 bridgehead atoms. The molecule has 6 nitrogen and oxygen atoms in total. The first-order chi connectivity index (χ1) is 12.1. The van der Waals surface area contributed by atoms with E-state index in [2.05, 4.69) is 29.3 Å². The van der Waals surface area contributed by atoms with E-state index in [1.54, 1.807) is 7.11 Å². The minimum Gasteiger partial charge on any atom is -0.496 e. The minimum absolute atomic E-state index is 0.0401. The second kappa shape index (κ2) is 7.78. The Morgan fingerprint density at radius 1 is 1.44 bits per heavy atom. The monoisotopic (exact) mass is 344 g/mol. The number of H-pyrrole nitrogens is 1. The summed E-state index contributed by atoms with van der Waals surface area (Å²) in [4.78, 5) is 19.9. The fraction of sp³-hybridized carbons (Fsp3) is 0.526. The van der Waals surface area contributed by atoms with Gasteiger partial charge in [-0.1, -0.05) is 6.07 Å². The Bertz CT molecular complexity index is 725. The highest BCUT2D eigenvalue weighted by Gasteiger charge is 2.24. The highest BCUT2D eigenvalue weighted by molar-refractivity contribution is 5.89. The van der Waals surface area contributed by atoms with Crippen molar-refractivity contribution >= 4 is 16.9 Å². The molecular weight excluding hydrogens is 316 g/mol. The lowest BCUT2D eigenvalue weighted by Crippen LogP contribution is -2.50. The maximum absolute atomic E-state index is 12.4. The predicted octanol–water partition coefficient (Wildman–Crippen LogP) is 2.45. The topological polar surface area (TPSA) is 60.6 Å². The number of aromatic amines is 1. The van der Waals surface area contributed by atoms with Crippen LogP contribution in [0, 0.1) is 0 Å². The van der Waals surface area contributed by atoms with Crippen molar-refractivity contribution in [3.8, 4) is 5.75 Å². The largest absolute Gasteiger partial charge is 0.496 e. The van der Waals surface area contributed by atoms with Crippen LogP contribution in [0.25, 0.3) is 10.9 Å². The summed E-state index contributed by atoms with van der Waals surface area (Å²) in [5, 5.41) is 4.17. The molecule has 2 N–H and O–H groups in total. The van der Waals surface area contributed by atoms with Crippen LogP contribution < -0.4 is 10.1 Å². The van der Waals surface area contributed by atoms with Crippen molar-refractivity contribution in [2.45, 2.75) is 25.3 Å². The number of carbonyl (C=O) groups is 1. The molecule has 25 heavy (non-hydrogen) atoms. The molecule has 1 saturated heterocycles. The van der Waals surface area contributed by atoms with Crippen molar-refractivity contribution in [1.82, 2.24) is 20.1 Å². The van der Waals surface area contributed by atoms with E-state index in [-0.39, 0.29) is 6.03 Å². The molecule has 0 radical (unpaired) electrons. The first kappa shape index (κ1) is 17.6. The Morgan fingerprint density at radius 2 is 2.28 bits per heavy atom. The third kappa shape index (κ3) is 3.90. The zero-order valence-corrected chi connectivity index (χ0v) is 15.3. The summed E-state index contributed by atoms with van der Waals surface area (Å²) < 4.78 is 5.46. The fourth-order valence-corrected chi connectivity index (χ4v) is 3.56. The molecule has 136 valence electrons. The number of methoxy groups -OCH3 is 1. The number of benzene rings is 1.